The molecule has 0 amide bonds. The van der Waals surface area contributed by atoms with E-state index in [9.17, 15) is 19.8 Å². The second kappa shape index (κ2) is 4.31. The molecule has 0 saturated heterocycles. The van der Waals surface area contributed by atoms with Crippen molar-refractivity contribution in [2.45, 2.75) is 39.0 Å². The maximum absolute atomic E-state index is 11.2. The van der Waals surface area contributed by atoms with Crippen LogP contribution in [0.4, 0.5) is 0 Å². The van der Waals surface area contributed by atoms with Crippen LogP contribution >= 0.6 is 0 Å². The smallest absolute Gasteiger partial charge is 0.318 e. The molecule has 0 heterocycles. The van der Waals surface area contributed by atoms with Gasteiger partial charge in [-0.15, -0.1) is 0 Å². The molecule has 0 aromatic rings. The summed E-state index contributed by atoms with van der Waals surface area (Å²) in [7, 11) is 0. The molecule has 1 radical (unpaired) electrons. The van der Waals surface area contributed by atoms with E-state index >= 15 is 0 Å². The van der Waals surface area contributed by atoms with Gasteiger partial charge in [-0.05, 0) is 55.8 Å². The molecule has 2 saturated carbocycles. The summed E-state index contributed by atoms with van der Waals surface area (Å²) in [6.45, 7) is 2.10. The molecule has 0 aromatic carbocycles. The highest BCUT2D eigenvalue weighted by atomic mass is 16.4. The van der Waals surface area contributed by atoms with E-state index in [-0.39, 0.29) is 0 Å². The molecule has 2 N–H and O–H groups in total. The molecule has 0 spiro atoms. The average Bonchev–Trinajstić information content (AvgIpc) is 2.13. The van der Waals surface area contributed by atoms with Gasteiger partial charge < -0.3 is 10.2 Å². The van der Waals surface area contributed by atoms with Gasteiger partial charge in [0.1, 0.15) is 0 Å². The molecule has 4 nitrogen and oxygen atoms in total. The highest BCUT2D eigenvalue weighted by molar-refractivity contribution is 5.94. The summed E-state index contributed by atoms with van der Waals surface area (Å²) in [5.41, 5.74) is -0.543. The van der Waals surface area contributed by atoms with Crippen molar-refractivity contribution in [2.75, 3.05) is 0 Å². The number of carboxylic acid groups (broad SMARTS) is 2. The van der Waals surface area contributed by atoms with Gasteiger partial charge in [-0.1, -0.05) is 6.92 Å². The van der Waals surface area contributed by atoms with Gasteiger partial charge in [0.15, 0.2) is 5.92 Å². The van der Waals surface area contributed by atoms with Crippen LogP contribution < -0.4 is 0 Å². The maximum Gasteiger partial charge on any atom is 0.318 e. The molecule has 17 heavy (non-hydrogen) atoms. The Balaban J connectivity index is 2.31. The number of carboxylic acids is 2. The first-order valence-electron chi connectivity index (χ1n) is 6.22. The van der Waals surface area contributed by atoms with Crippen molar-refractivity contribution in [3.8, 4) is 0 Å². The number of aliphatic carboxylic acids is 2. The van der Waals surface area contributed by atoms with E-state index < -0.39 is 23.3 Å². The lowest BCUT2D eigenvalue weighted by atomic mass is 9.54. The SMILES string of the molecule is C[C@@H]1C[C@@H]2C[CH]C[C@](C(C(=O)O)C(=O)O)(C1)C2. The van der Waals surface area contributed by atoms with Crippen LogP contribution in [-0.2, 0) is 9.59 Å². The Hall–Kier alpha value is -1.06. The normalized spacial score (nSPS) is 36.8. The molecule has 2 rings (SSSR count). The van der Waals surface area contributed by atoms with E-state index in [1.165, 1.54) is 0 Å². The van der Waals surface area contributed by atoms with Gasteiger partial charge >= 0.3 is 11.9 Å². The van der Waals surface area contributed by atoms with Crippen molar-refractivity contribution in [2.24, 2.45) is 23.2 Å². The molecule has 0 aromatic heterocycles. The van der Waals surface area contributed by atoms with E-state index in [2.05, 4.69) is 13.3 Å². The third-order valence-corrected chi connectivity index (χ3v) is 4.34. The lowest BCUT2D eigenvalue weighted by molar-refractivity contribution is -0.165. The van der Waals surface area contributed by atoms with E-state index in [0.717, 1.165) is 25.7 Å². The molecule has 2 aliphatic carbocycles. The topological polar surface area (TPSA) is 74.6 Å². The Labute approximate surface area is 101 Å². The molecule has 2 fully saturated rings. The predicted molar refractivity (Wildman–Crippen MR) is 61.2 cm³/mol. The highest BCUT2D eigenvalue weighted by Gasteiger charge is 2.52. The van der Waals surface area contributed by atoms with Gasteiger partial charge in [0.05, 0.1) is 0 Å². The molecule has 95 valence electrons. The maximum atomic E-state index is 11.2. The second-order valence-corrected chi connectivity index (χ2v) is 5.82. The monoisotopic (exact) mass is 239 g/mol. The van der Waals surface area contributed by atoms with Crippen LogP contribution in [-0.4, -0.2) is 22.2 Å². The Morgan fingerprint density at radius 1 is 1.29 bits per heavy atom. The molecule has 2 bridgehead atoms. The predicted octanol–water partition coefficient (Wildman–Crippen LogP) is 2.19. The number of hydrogen-bond acceptors (Lipinski definition) is 2. The van der Waals surface area contributed by atoms with Crippen molar-refractivity contribution in [1.29, 1.82) is 0 Å². The van der Waals surface area contributed by atoms with E-state index in [1.54, 1.807) is 0 Å². The average molecular weight is 239 g/mol. The zero-order valence-corrected chi connectivity index (χ0v) is 10.1. The van der Waals surface area contributed by atoms with Crippen LogP contribution in [0.15, 0.2) is 0 Å². The Morgan fingerprint density at radius 2 is 1.94 bits per heavy atom. The molecular weight excluding hydrogens is 220 g/mol. The van der Waals surface area contributed by atoms with Crippen LogP contribution in [0.3, 0.4) is 0 Å². The van der Waals surface area contributed by atoms with Crippen LogP contribution in [0.25, 0.3) is 0 Å². The lowest BCUT2D eigenvalue weighted by Crippen LogP contribution is -2.48. The molecule has 0 unspecified atom stereocenters. The highest BCUT2D eigenvalue weighted by Crippen LogP contribution is 2.54. The minimum absolute atomic E-state index is 0.434. The largest absolute Gasteiger partial charge is 0.481 e. The molecule has 4 heteroatoms. The Kier molecular flexibility index (Phi) is 3.15. The summed E-state index contributed by atoms with van der Waals surface area (Å²) in [4.78, 5) is 22.5. The fraction of sp³-hybridized carbons (Fsp3) is 0.769. The van der Waals surface area contributed by atoms with E-state index in [0.29, 0.717) is 18.3 Å². The van der Waals surface area contributed by atoms with Crippen LogP contribution in [0, 0.1) is 29.6 Å². The molecule has 2 aliphatic rings. The molecular formula is C13H19O4. The van der Waals surface area contributed by atoms with Crippen molar-refractivity contribution in [3.05, 3.63) is 6.42 Å². The Morgan fingerprint density at radius 3 is 2.53 bits per heavy atom. The summed E-state index contributed by atoms with van der Waals surface area (Å²) in [6, 6.07) is 0. The first-order chi connectivity index (χ1) is 7.94. The van der Waals surface area contributed by atoms with Gasteiger partial charge in [0, 0.05) is 0 Å². The number of carbonyl (C=O) groups is 2. The minimum atomic E-state index is -1.25. The quantitative estimate of drug-likeness (QED) is 0.740. The Bertz CT molecular complexity index is 320. The standard InChI is InChI=1S/C13H19O4/c1-8-5-9-3-2-4-13(6-8,7-9)10(11(14)15)12(16)17/h2,8-10H,3-7H2,1H3,(H,14,15)(H,16,17)/t8-,9+,13+/m1/s1. The van der Waals surface area contributed by atoms with Gasteiger partial charge in [-0.2, -0.15) is 0 Å². The minimum Gasteiger partial charge on any atom is -0.481 e. The van der Waals surface area contributed by atoms with Gasteiger partial charge in [0.25, 0.3) is 0 Å². The van der Waals surface area contributed by atoms with Crippen molar-refractivity contribution < 1.29 is 19.8 Å². The second-order valence-electron chi connectivity index (χ2n) is 5.82. The zero-order valence-electron chi connectivity index (χ0n) is 10.1. The first-order valence-corrected chi connectivity index (χ1v) is 6.22. The third kappa shape index (κ3) is 2.17. The molecule has 0 aliphatic heterocycles. The van der Waals surface area contributed by atoms with Gasteiger partial charge in [-0.3, -0.25) is 9.59 Å². The fourth-order valence-electron chi connectivity index (χ4n) is 4.02. The van der Waals surface area contributed by atoms with Crippen molar-refractivity contribution in [3.63, 3.8) is 0 Å². The summed E-state index contributed by atoms with van der Waals surface area (Å²) in [5, 5.41) is 18.4. The number of hydrogen-bond donors (Lipinski definition) is 2. The zero-order chi connectivity index (χ0) is 12.6. The third-order valence-electron chi connectivity index (χ3n) is 4.34. The van der Waals surface area contributed by atoms with Crippen LogP contribution in [0.2, 0.25) is 0 Å². The van der Waals surface area contributed by atoms with Gasteiger partial charge in [0.2, 0.25) is 0 Å². The summed E-state index contributed by atoms with van der Waals surface area (Å²) >= 11 is 0. The molecule has 3 atom stereocenters. The van der Waals surface area contributed by atoms with Crippen molar-refractivity contribution in [1.82, 2.24) is 0 Å². The fourth-order valence-corrected chi connectivity index (χ4v) is 4.02. The number of rotatable bonds is 3. The van der Waals surface area contributed by atoms with Crippen molar-refractivity contribution >= 4 is 11.9 Å². The van der Waals surface area contributed by atoms with Crippen LogP contribution in [0.1, 0.15) is 39.0 Å². The van der Waals surface area contributed by atoms with Crippen LogP contribution in [0.5, 0.6) is 0 Å². The lowest BCUT2D eigenvalue weighted by Gasteiger charge is -2.49. The summed E-state index contributed by atoms with van der Waals surface area (Å²) < 4.78 is 0. The summed E-state index contributed by atoms with van der Waals surface area (Å²) in [5.74, 6) is -2.69. The first kappa shape index (κ1) is 12.4. The van der Waals surface area contributed by atoms with Gasteiger partial charge in [-0.25, -0.2) is 0 Å². The summed E-state index contributed by atoms with van der Waals surface area (Å²) in [6.07, 6.45) is 6.33. The number of fused-ring (bicyclic) bond motifs is 2. The van der Waals surface area contributed by atoms with E-state index in [1.807, 2.05) is 0 Å². The van der Waals surface area contributed by atoms with E-state index in [4.69, 9.17) is 0 Å².